The van der Waals surface area contributed by atoms with E-state index in [1.807, 2.05) is 18.2 Å². The van der Waals surface area contributed by atoms with Crippen LogP contribution in [-0.4, -0.2) is 36.3 Å². The second kappa shape index (κ2) is 8.01. The van der Waals surface area contributed by atoms with Gasteiger partial charge in [0.15, 0.2) is 0 Å². The second-order valence-corrected chi connectivity index (χ2v) is 6.13. The number of nitrogens with zero attached hydrogens (tertiary/aromatic N) is 3. The minimum Gasteiger partial charge on any atom is -0.378 e. The molecular weight excluding hydrogens is 345 g/mol. The van der Waals surface area contributed by atoms with Crippen LogP contribution in [0.2, 0.25) is 0 Å². The van der Waals surface area contributed by atoms with Gasteiger partial charge < -0.3 is 20.3 Å². The van der Waals surface area contributed by atoms with Gasteiger partial charge in [-0.3, -0.25) is 0 Å². The van der Waals surface area contributed by atoms with Crippen LogP contribution in [0.5, 0.6) is 0 Å². The molecule has 2 N–H and O–H groups in total. The molecule has 1 aromatic heterocycles. The molecule has 138 valence electrons. The van der Waals surface area contributed by atoms with Gasteiger partial charge in [0.1, 0.15) is 23.8 Å². The van der Waals surface area contributed by atoms with E-state index in [0.29, 0.717) is 17.3 Å². The molecule has 1 saturated heterocycles. The van der Waals surface area contributed by atoms with Gasteiger partial charge in [-0.25, -0.2) is 14.4 Å². The largest absolute Gasteiger partial charge is 0.378 e. The molecule has 0 saturated carbocycles. The molecule has 1 aliphatic heterocycles. The van der Waals surface area contributed by atoms with Gasteiger partial charge in [0.25, 0.3) is 0 Å². The Kier molecular flexibility index (Phi) is 5.11. The van der Waals surface area contributed by atoms with Crippen LogP contribution < -0.4 is 15.5 Å². The molecule has 0 radical (unpaired) electrons. The molecule has 0 amide bonds. The van der Waals surface area contributed by atoms with E-state index < -0.39 is 0 Å². The summed E-state index contributed by atoms with van der Waals surface area (Å²) in [5, 5.41) is 6.33. The van der Waals surface area contributed by atoms with Crippen LogP contribution >= 0.6 is 0 Å². The average molecular weight is 365 g/mol. The summed E-state index contributed by atoms with van der Waals surface area (Å²) in [4.78, 5) is 10.7. The van der Waals surface area contributed by atoms with Crippen LogP contribution in [0.3, 0.4) is 0 Å². The number of nitrogens with one attached hydrogen (secondary N) is 2. The second-order valence-electron chi connectivity index (χ2n) is 6.13. The van der Waals surface area contributed by atoms with E-state index in [0.717, 1.165) is 37.7 Å². The summed E-state index contributed by atoms with van der Waals surface area (Å²) in [6, 6.07) is 16.3. The molecule has 7 heteroatoms. The van der Waals surface area contributed by atoms with Crippen molar-refractivity contribution in [1.82, 2.24) is 9.97 Å². The Balaban J connectivity index is 1.54. The van der Waals surface area contributed by atoms with E-state index in [1.54, 1.807) is 24.3 Å². The lowest BCUT2D eigenvalue weighted by Crippen LogP contribution is -2.36. The summed E-state index contributed by atoms with van der Waals surface area (Å²) in [6.07, 6.45) is 1.45. The molecule has 0 unspecified atom stereocenters. The van der Waals surface area contributed by atoms with Crippen molar-refractivity contribution in [2.45, 2.75) is 0 Å². The van der Waals surface area contributed by atoms with Crippen LogP contribution in [0, 0.1) is 5.82 Å². The number of aromatic nitrogens is 2. The molecule has 0 atom stereocenters. The predicted molar refractivity (Wildman–Crippen MR) is 104 cm³/mol. The molecule has 3 aromatic rings. The highest BCUT2D eigenvalue weighted by Crippen LogP contribution is 2.29. The monoisotopic (exact) mass is 365 g/mol. The summed E-state index contributed by atoms with van der Waals surface area (Å²) < 4.78 is 19.3. The number of hydrogen-bond donors (Lipinski definition) is 2. The number of benzene rings is 2. The highest BCUT2D eigenvalue weighted by Gasteiger charge is 2.15. The average Bonchev–Trinajstić information content (AvgIpc) is 2.71. The maximum Gasteiger partial charge on any atom is 0.146 e. The van der Waals surface area contributed by atoms with Crippen molar-refractivity contribution in [3.8, 4) is 0 Å². The molecule has 0 aliphatic carbocycles. The van der Waals surface area contributed by atoms with Gasteiger partial charge >= 0.3 is 0 Å². The van der Waals surface area contributed by atoms with Crippen LogP contribution in [0.4, 0.5) is 33.1 Å². The maximum absolute atomic E-state index is 13.8. The topological polar surface area (TPSA) is 62.3 Å². The number of ether oxygens (including phenoxy) is 1. The maximum atomic E-state index is 13.8. The molecule has 4 rings (SSSR count). The first-order chi connectivity index (χ1) is 13.3. The molecule has 0 bridgehead atoms. The fourth-order valence-corrected chi connectivity index (χ4v) is 2.99. The standard InChI is InChI=1S/C20H20FN5O/c21-15-5-1-2-6-16(15)24-19-13-20(23-14-22-19)25-17-7-3-4-8-18(17)26-9-11-27-12-10-26/h1-8,13-14H,9-12H2,(H2,22,23,24,25). The zero-order valence-electron chi connectivity index (χ0n) is 14.7. The lowest BCUT2D eigenvalue weighted by Gasteiger charge is -2.30. The smallest absolute Gasteiger partial charge is 0.146 e. The van der Waals surface area contributed by atoms with E-state index in [1.165, 1.54) is 12.4 Å². The number of halogens is 1. The third-order valence-electron chi connectivity index (χ3n) is 4.32. The third kappa shape index (κ3) is 4.15. The van der Waals surface area contributed by atoms with Crippen LogP contribution in [0.15, 0.2) is 60.9 Å². The Hall–Kier alpha value is -3.19. The van der Waals surface area contributed by atoms with E-state index in [2.05, 4.69) is 31.6 Å². The number of anilines is 5. The van der Waals surface area contributed by atoms with Gasteiger partial charge in [0.05, 0.1) is 30.3 Å². The fourth-order valence-electron chi connectivity index (χ4n) is 2.99. The van der Waals surface area contributed by atoms with Gasteiger partial charge in [-0.1, -0.05) is 24.3 Å². The number of hydrogen-bond acceptors (Lipinski definition) is 6. The molecule has 1 aliphatic rings. The van der Waals surface area contributed by atoms with E-state index >= 15 is 0 Å². The summed E-state index contributed by atoms with van der Waals surface area (Å²) in [5.74, 6) is 0.814. The van der Waals surface area contributed by atoms with Crippen molar-refractivity contribution < 1.29 is 9.13 Å². The first kappa shape index (κ1) is 17.2. The van der Waals surface area contributed by atoms with Gasteiger partial charge in [0.2, 0.25) is 0 Å². The molecule has 0 spiro atoms. The lowest BCUT2D eigenvalue weighted by atomic mass is 10.2. The fraction of sp³-hybridized carbons (Fsp3) is 0.200. The van der Waals surface area contributed by atoms with Crippen molar-refractivity contribution in [2.24, 2.45) is 0 Å². The normalized spacial score (nSPS) is 14.0. The number of para-hydroxylation sites is 3. The Morgan fingerprint density at radius 3 is 2.22 bits per heavy atom. The zero-order chi connectivity index (χ0) is 18.5. The predicted octanol–water partition coefficient (Wildman–Crippen LogP) is 3.94. The van der Waals surface area contributed by atoms with Gasteiger partial charge in [-0.15, -0.1) is 0 Å². The van der Waals surface area contributed by atoms with Crippen LogP contribution in [0.1, 0.15) is 0 Å². The highest BCUT2D eigenvalue weighted by molar-refractivity contribution is 5.75. The van der Waals surface area contributed by atoms with Crippen molar-refractivity contribution >= 4 is 28.7 Å². The van der Waals surface area contributed by atoms with Crippen LogP contribution in [-0.2, 0) is 4.74 Å². The van der Waals surface area contributed by atoms with Crippen molar-refractivity contribution in [2.75, 3.05) is 41.8 Å². The highest BCUT2D eigenvalue weighted by atomic mass is 19.1. The number of morpholine rings is 1. The van der Waals surface area contributed by atoms with Crippen molar-refractivity contribution in [3.63, 3.8) is 0 Å². The molecule has 2 heterocycles. The van der Waals surface area contributed by atoms with Crippen molar-refractivity contribution in [1.29, 1.82) is 0 Å². The van der Waals surface area contributed by atoms with E-state index in [4.69, 9.17) is 4.74 Å². The minimum atomic E-state index is -0.330. The minimum absolute atomic E-state index is 0.330. The summed E-state index contributed by atoms with van der Waals surface area (Å²) in [6.45, 7) is 3.14. The summed E-state index contributed by atoms with van der Waals surface area (Å²) in [7, 11) is 0. The van der Waals surface area contributed by atoms with E-state index in [9.17, 15) is 4.39 Å². The first-order valence-electron chi connectivity index (χ1n) is 8.82. The zero-order valence-corrected chi connectivity index (χ0v) is 14.7. The SMILES string of the molecule is Fc1ccccc1Nc1cc(Nc2ccccc2N2CCOCC2)ncn1. The van der Waals surface area contributed by atoms with Crippen molar-refractivity contribution in [3.05, 3.63) is 66.7 Å². The van der Waals surface area contributed by atoms with E-state index in [-0.39, 0.29) is 5.82 Å². The van der Waals surface area contributed by atoms with Gasteiger partial charge in [-0.2, -0.15) is 0 Å². The molecular formula is C20H20FN5O. The lowest BCUT2D eigenvalue weighted by molar-refractivity contribution is 0.123. The molecule has 1 fully saturated rings. The first-order valence-corrected chi connectivity index (χ1v) is 8.82. The number of rotatable bonds is 5. The molecule has 6 nitrogen and oxygen atoms in total. The Bertz CT molecular complexity index is 914. The Morgan fingerprint density at radius 1 is 0.852 bits per heavy atom. The van der Waals surface area contributed by atoms with Gasteiger partial charge in [0, 0.05) is 19.2 Å². The molecule has 27 heavy (non-hydrogen) atoms. The summed E-state index contributed by atoms with van der Waals surface area (Å²) >= 11 is 0. The Morgan fingerprint density at radius 2 is 1.48 bits per heavy atom. The Labute approximate surface area is 157 Å². The van der Waals surface area contributed by atoms with Crippen LogP contribution in [0.25, 0.3) is 0 Å². The third-order valence-corrected chi connectivity index (χ3v) is 4.32. The molecule has 2 aromatic carbocycles. The quantitative estimate of drug-likeness (QED) is 0.714. The summed E-state index contributed by atoms with van der Waals surface area (Å²) in [5.41, 5.74) is 2.42. The van der Waals surface area contributed by atoms with Gasteiger partial charge in [-0.05, 0) is 24.3 Å².